The highest BCUT2D eigenvalue weighted by Gasteiger charge is 2.36. The van der Waals surface area contributed by atoms with E-state index in [1.165, 1.54) is 12.8 Å². The number of hydrogen-bond acceptors (Lipinski definition) is 3. The third-order valence-corrected chi connectivity index (χ3v) is 4.28. The zero-order valence-corrected chi connectivity index (χ0v) is 11.3. The summed E-state index contributed by atoms with van der Waals surface area (Å²) < 4.78 is 0. The largest absolute Gasteiger partial charge is 0.366 e. The van der Waals surface area contributed by atoms with Crippen LogP contribution in [0.2, 0.25) is 0 Å². The minimum Gasteiger partial charge on any atom is -0.366 e. The Bertz CT molecular complexity index is 530. The molecule has 2 fully saturated rings. The second-order valence-corrected chi connectivity index (χ2v) is 5.62. The van der Waals surface area contributed by atoms with E-state index in [2.05, 4.69) is 5.32 Å². The highest BCUT2D eigenvalue weighted by atomic mass is 16.2. The van der Waals surface area contributed by atoms with Crippen LogP contribution in [0, 0.1) is 5.92 Å². The highest BCUT2D eigenvalue weighted by molar-refractivity contribution is 5.99. The maximum absolute atomic E-state index is 12.5. The lowest BCUT2D eigenvalue weighted by Gasteiger charge is -2.24. The highest BCUT2D eigenvalue weighted by Crippen LogP contribution is 2.26. The van der Waals surface area contributed by atoms with E-state index in [0.29, 0.717) is 23.1 Å². The van der Waals surface area contributed by atoms with Crippen LogP contribution in [0.4, 0.5) is 0 Å². The molecule has 106 valence electrons. The molecule has 0 saturated carbocycles. The summed E-state index contributed by atoms with van der Waals surface area (Å²) in [7, 11) is 0. The SMILES string of the molecule is NC(=O)c1cccc(C(=O)N2CC3CCCNC3C2)c1. The van der Waals surface area contributed by atoms with E-state index in [1.54, 1.807) is 24.3 Å². The van der Waals surface area contributed by atoms with Gasteiger partial charge in [0.15, 0.2) is 0 Å². The van der Waals surface area contributed by atoms with Crippen molar-refractivity contribution < 1.29 is 9.59 Å². The molecule has 0 aromatic heterocycles. The molecule has 2 saturated heterocycles. The van der Waals surface area contributed by atoms with Crippen molar-refractivity contribution in [2.75, 3.05) is 19.6 Å². The summed E-state index contributed by atoms with van der Waals surface area (Å²) in [5.74, 6) is 0.0488. The maximum Gasteiger partial charge on any atom is 0.253 e. The van der Waals surface area contributed by atoms with Crippen LogP contribution in [-0.2, 0) is 0 Å². The van der Waals surface area contributed by atoms with Crippen molar-refractivity contribution in [2.24, 2.45) is 11.7 Å². The summed E-state index contributed by atoms with van der Waals surface area (Å²) in [6, 6.07) is 7.08. The van der Waals surface area contributed by atoms with E-state index < -0.39 is 5.91 Å². The summed E-state index contributed by atoms with van der Waals surface area (Å²) in [6.45, 7) is 2.60. The van der Waals surface area contributed by atoms with Gasteiger partial charge < -0.3 is 16.0 Å². The number of rotatable bonds is 2. The summed E-state index contributed by atoms with van der Waals surface area (Å²) in [5.41, 5.74) is 6.18. The van der Waals surface area contributed by atoms with Gasteiger partial charge in [-0.05, 0) is 43.5 Å². The number of nitrogens with one attached hydrogen (secondary N) is 1. The first-order valence-corrected chi connectivity index (χ1v) is 7.07. The van der Waals surface area contributed by atoms with E-state index in [4.69, 9.17) is 5.73 Å². The van der Waals surface area contributed by atoms with Gasteiger partial charge >= 0.3 is 0 Å². The van der Waals surface area contributed by atoms with E-state index in [0.717, 1.165) is 19.6 Å². The molecule has 0 bridgehead atoms. The predicted molar refractivity (Wildman–Crippen MR) is 75.4 cm³/mol. The van der Waals surface area contributed by atoms with Gasteiger partial charge in [-0.15, -0.1) is 0 Å². The van der Waals surface area contributed by atoms with Crippen LogP contribution < -0.4 is 11.1 Å². The summed E-state index contributed by atoms with van der Waals surface area (Å²) in [6.07, 6.45) is 2.36. The van der Waals surface area contributed by atoms with Crippen molar-refractivity contribution in [3.8, 4) is 0 Å². The lowest BCUT2D eigenvalue weighted by Crippen LogP contribution is -2.41. The van der Waals surface area contributed by atoms with Crippen LogP contribution in [0.3, 0.4) is 0 Å². The summed E-state index contributed by atoms with van der Waals surface area (Å²) in [5, 5.41) is 3.48. The molecule has 0 radical (unpaired) electrons. The van der Waals surface area contributed by atoms with Crippen LogP contribution in [0.25, 0.3) is 0 Å². The average molecular weight is 273 g/mol. The Hall–Kier alpha value is -1.88. The first kappa shape index (κ1) is 13.1. The second-order valence-electron chi connectivity index (χ2n) is 5.62. The first-order valence-electron chi connectivity index (χ1n) is 7.07. The third-order valence-electron chi connectivity index (χ3n) is 4.28. The standard InChI is InChI=1S/C15H19N3O2/c16-14(19)10-3-1-4-11(7-10)15(20)18-8-12-5-2-6-17-13(12)9-18/h1,3-4,7,12-13,17H,2,5-6,8-9H2,(H2,16,19). The number of benzene rings is 1. The molecule has 1 aromatic rings. The lowest BCUT2D eigenvalue weighted by atomic mass is 9.94. The van der Waals surface area contributed by atoms with Crippen molar-refractivity contribution >= 4 is 11.8 Å². The molecule has 0 spiro atoms. The fourth-order valence-corrected chi connectivity index (χ4v) is 3.20. The van der Waals surface area contributed by atoms with Gasteiger partial charge in [0.1, 0.15) is 0 Å². The van der Waals surface area contributed by atoms with Gasteiger partial charge in [-0.1, -0.05) is 6.07 Å². The Morgan fingerprint density at radius 2 is 2.05 bits per heavy atom. The molecular formula is C15H19N3O2. The minimum absolute atomic E-state index is 0.00991. The van der Waals surface area contributed by atoms with Crippen molar-refractivity contribution in [1.29, 1.82) is 0 Å². The van der Waals surface area contributed by atoms with E-state index in [-0.39, 0.29) is 5.91 Å². The van der Waals surface area contributed by atoms with E-state index in [9.17, 15) is 9.59 Å². The van der Waals surface area contributed by atoms with Crippen LogP contribution in [0.1, 0.15) is 33.6 Å². The number of fused-ring (bicyclic) bond motifs is 1. The van der Waals surface area contributed by atoms with Crippen LogP contribution in [0.5, 0.6) is 0 Å². The molecule has 2 heterocycles. The van der Waals surface area contributed by atoms with Crippen LogP contribution in [0.15, 0.2) is 24.3 Å². The molecule has 2 unspecified atom stereocenters. The molecule has 5 nitrogen and oxygen atoms in total. The van der Waals surface area contributed by atoms with Crippen LogP contribution >= 0.6 is 0 Å². The second kappa shape index (κ2) is 5.25. The fraction of sp³-hybridized carbons (Fsp3) is 0.467. The Morgan fingerprint density at radius 1 is 1.25 bits per heavy atom. The van der Waals surface area contributed by atoms with Crippen molar-refractivity contribution in [3.63, 3.8) is 0 Å². The summed E-state index contributed by atoms with van der Waals surface area (Å²) >= 11 is 0. The summed E-state index contributed by atoms with van der Waals surface area (Å²) in [4.78, 5) is 25.6. The molecule has 20 heavy (non-hydrogen) atoms. The van der Waals surface area contributed by atoms with E-state index in [1.807, 2.05) is 4.90 Å². The predicted octanol–water partition coefficient (Wildman–Crippen LogP) is 0.610. The topological polar surface area (TPSA) is 75.4 Å². The van der Waals surface area contributed by atoms with Gasteiger partial charge in [0.05, 0.1) is 0 Å². The van der Waals surface area contributed by atoms with Crippen LogP contribution in [-0.4, -0.2) is 42.4 Å². The number of piperidine rings is 1. The Kier molecular flexibility index (Phi) is 3.44. The van der Waals surface area contributed by atoms with Gasteiger partial charge in [0, 0.05) is 30.3 Å². The molecule has 2 aliphatic rings. The number of nitrogens with zero attached hydrogens (tertiary/aromatic N) is 1. The monoisotopic (exact) mass is 273 g/mol. The Balaban J connectivity index is 1.76. The van der Waals surface area contributed by atoms with Gasteiger partial charge in [-0.25, -0.2) is 0 Å². The van der Waals surface area contributed by atoms with Gasteiger partial charge in [0.2, 0.25) is 5.91 Å². The molecule has 2 amide bonds. The number of nitrogens with two attached hydrogens (primary N) is 1. The zero-order chi connectivity index (χ0) is 14.1. The minimum atomic E-state index is -0.503. The smallest absolute Gasteiger partial charge is 0.253 e. The molecule has 1 aromatic carbocycles. The molecule has 2 aliphatic heterocycles. The zero-order valence-electron chi connectivity index (χ0n) is 11.3. The average Bonchev–Trinajstić information content (AvgIpc) is 2.90. The number of carbonyl (C=O) groups excluding carboxylic acids is 2. The number of carbonyl (C=O) groups is 2. The fourth-order valence-electron chi connectivity index (χ4n) is 3.20. The molecule has 3 N–H and O–H groups in total. The maximum atomic E-state index is 12.5. The Labute approximate surface area is 118 Å². The molecule has 2 atom stereocenters. The van der Waals surface area contributed by atoms with Gasteiger partial charge in [-0.3, -0.25) is 9.59 Å². The molecule has 3 rings (SSSR count). The third kappa shape index (κ3) is 2.41. The number of amides is 2. The van der Waals surface area contributed by atoms with Crippen molar-refractivity contribution in [1.82, 2.24) is 10.2 Å². The molecule has 0 aliphatic carbocycles. The molecular weight excluding hydrogens is 254 g/mol. The first-order chi connectivity index (χ1) is 9.65. The van der Waals surface area contributed by atoms with Crippen molar-refractivity contribution in [3.05, 3.63) is 35.4 Å². The number of hydrogen-bond donors (Lipinski definition) is 2. The lowest BCUT2D eigenvalue weighted by molar-refractivity contribution is 0.0785. The molecule has 5 heteroatoms. The van der Waals surface area contributed by atoms with Gasteiger partial charge in [-0.2, -0.15) is 0 Å². The Morgan fingerprint density at radius 3 is 2.80 bits per heavy atom. The number of primary amides is 1. The van der Waals surface area contributed by atoms with Gasteiger partial charge in [0.25, 0.3) is 5.91 Å². The quantitative estimate of drug-likeness (QED) is 0.829. The number of likely N-dealkylation sites (tertiary alicyclic amines) is 1. The normalized spacial score (nSPS) is 25.3. The van der Waals surface area contributed by atoms with Crippen molar-refractivity contribution in [2.45, 2.75) is 18.9 Å². The van der Waals surface area contributed by atoms with E-state index >= 15 is 0 Å².